The number of nitro groups is 1. The van der Waals surface area contributed by atoms with E-state index in [0.717, 1.165) is 15.7 Å². The molecule has 0 bridgehead atoms. The third kappa shape index (κ3) is 4.98. The summed E-state index contributed by atoms with van der Waals surface area (Å²) in [6.45, 7) is 0.628. The SMILES string of the molecule is CN(Cc1c(Br)cnn1C)C(=O)c1ccc(COc2ccc([N+](=O)[O-])cc2Cl)cc1. The van der Waals surface area contributed by atoms with Crippen molar-refractivity contribution in [2.45, 2.75) is 13.2 Å². The van der Waals surface area contributed by atoms with Gasteiger partial charge in [-0.05, 0) is 39.7 Å². The summed E-state index contributed by atoms with van der Waals surface area (Å²) in [7, 11) is 3.56. The summed E-state index contributed by atoms with van der Waals surface area (Å²) in [6, 6.07) is 11.1. The van der Waals surface area contributed by atoms with E-state index in [9.17, 15) is 14.9 Å². The molecule has 0 saturated carbocycles. The van der Waals surface area contributed by atoms with Crippen LogP contribution in [0.5, 0.6) is 5.75 Å². The van der Waals surface area contributed by atoms with E-state index >= 15 is 0 Å². The van der Waals surface area contributed by atoms with Crippen LogP contribution in [0.4, 0.5) is 5.69 Å². The second-order valence-corrected chi connectivity index (χ2v) is 7.84. The molecule has 0 aliphatic heterocycles. The Morgan fingerprint density at radius 3 is 2.57 bits per heavy atom. The summed E-state index contributed by atoms with van der Waals surface area (Å²) >= 11 is 9.47. The molecule has 0 atom stereocenters. The van der Waals surface area contributed by atoms with Crippen LogP contribution < -0.4 is 4.74 Å². The van der Waals surface area contributed by atoms with Crippen LogP contribution >= 0.6 is 27.5 Å². The van der Waals surface area contributed by atoms with E-state index in [1.807, 2.05) is 7.05 Å². The van der Waals surface area contributed by atoms with Gasteiger partial charge in [-0.1, -0.05) is 23.7 Å². The van der Waals surface area contributed by atoms with Gasteiger partial charge in [-0.15, -0.1) is 0 Å². The van der Waals surface area contributed by atoms with Crippen LogP contribution in [0.25, 0.3) is 0 Å². The Bertz CT molecular complexity index is 1070. The first-order valence-corrected chi connectivity index (χ1v) is 10.0. The number of carbonyl (C=O) groups excluding carboxylic acids is 1. The number of nitro benzene ring substituents is 1. The van der Waals surface area contributed by atoms with Crippen molar-refractivity contribution < 1.29 is 14.5 Å². The second kappa shape index (κ2) is 9.27. The van der Waals surface area contributed by atoms with E-state index < -0.39 is 4.92 Å². The van der Waals surface area contributed by atoms with Crippen LogP contribution in [0, 0.1) is 10.1 Å². The van der Waals surface area contributed by atoms with Crippen molar-refractivity contribution in [1.29, 1.82) is 0 Å². The molecular formula is C20H18BrClN4O4. The van der Waals surface area contributed by atoms with Gasteiger partial charge in [0.05, 0.1) is 32.9 Å². The first kappa shape index (κ1) is 21.8. The molecule has 1 heterocycles. The van der Waals surface area contributed by atoms with Gasteiger partial charge in [0, 0.05) is 31.8 Å². The highest BCUT2D eigenvalue weighted by Gasteiger charge is 2.16. The topological polar surface area (TPSA) is 90.5 Å². The Hall–Kier alpha value is -2.91. The zero-order chi connectivity index (χ0) is 21.8. The zero-order valence-corrected chi connectivity index (χ0v) is 18.6. The van der Waals surface area contributed by atoms with Crippen molar-refractivity contribution in [2.24, 2.45) is 7.05 Å². The van der Waals surface area contributed by atoms with Crippen LogP contribution in [-0.2, 0) is 20.2 Å². The molecule has 0 saturated heterocycles. The second-order valence-electron chi connectivity index (χ2n) is 6.58. The summed E-state index contributed by atoms with van der Waals surface area (Å²) in [5.74, 6) is 0.234. The number of aryl methyl sites for hydroxylation is 1. The zero-order valence-electron chi connectivity index (χ0n) is 16.2. The highest BCUT2D eigenvalue weighted by atomic mass is 79.9. The Balaban J connectivity index is 1.62. The number of carbonyl (C=O) groups is 1. The molecule has 156 valence electrons. The summed E-state index contributed by atoms with van der Waals surface area (Å²) in [6.07, 6.45) is 1.69. The van der Waals surface area contributed by atoms with Gasteiger partial charge in [0.2, 0.25) is 0 Å². The van der Waals surface area contributed by atoms with Crippen molar-refractivity contribution in [3.8, 4) is 5.75 Å². The van der Waals surface area contributed by atoms with Crippen LogP contribution in [0.3, 0.4) is 0 Å². The molecular weight excluding hydrogens is 476 g/mol. The van der Waals surface area contributed by atoms with E-state index in [-0.39, 0.29) is 23.2 Å². The molecule has 0 spiro atoms. The Kier molecular flexibility index (Phi) is 6.73. The van der Waals surface area contributed by atoms with Crippen LogP contribution in [-0.4, -0.2) is 32.6 Å². The Morgan fingerprint density at radius 1 is 1.30 bits per heavy atom. The summed E-state index contributed by atoms with van der Waals surface area (Å²) in [5, 5.41) is 15.1. The van der Waals surface area contributed by atoms with Crippen molar-refractivity contribution in [3.63, 3.8) is 0 Å². The maximum Gasteiger partial charge on any atom is 0.271 e. The predicted octanol–water partition coefficient (Wildman–Crippen LogP) is 4.60. The van der Waals surface area contributed by atoms with Crippen molar-refractivity contribution in [2.75, 3.05) is 7.05 Å². The molecule has 2 aromatic carbocycles. The van der Waals surface area contributed by atoms with Gasteiger partial charge in [-0.25, -0.2) is 0 Å². The molecule has 1 aromatic heterocycles. The largest absolute Gasteiger partial charge is 0.487 e. The molecule has 0 aliphatic carbocycles. The van der Waals surface area contributed by atoms with Gasteiger partial charge < -0.3 is 9.64 Å². The monoisotopic (exact) mass is 492 g/mol. The van der Waals surface area contributed by atoms with E-state index in [2.05, 4.69) is 21.0 Å². The van der Waals surface area contributed by atoms with Crippen molar-refractivity contribution >= 4 is 39.1 Å². The minimum Gasteiger partial charge on any atom is -0.487 e. The third-order valence-corrected chi connectivity index (χ3v) is 5.42. The molecule has 30 heavy (non-hydrogen) atoms. The minimum atomic E-state index is -0.518. The van der Waals surface area contributed by atoms with E-state index in [0.29, 0.717) is 17.9 Å². The smallest absolute Gasteiger partial charge is 0.271 e. The number of amides is 1. The number of hydrogen-bond acceptors (Lipinski definition) is 5. The van der Waals surface area contributed by atoms with Crippen molar-refractivity contribution in [3.05, 3.63) is 85.1 Å². The number of hydrogen-bond donors (Lipinski definition) is 0. The number of aromatic nitrogens is 2. The molecule has 3 rings (SSSR count). The fourth-order valence-corrected chi connectivity index (χ4v) is 3.46. The van der Waals surface area contributed by atoms with E-state index in [4.69, 9.17) is 16.3 Å². The lowest BCUT2D eigenvalue weighted by Gasteiger charge is -2.18. The lowest BCUT2D eigenvalue weighted by molar-refractivity contribution is -0.384. The maximum atomic E-state index is 12.7. The Labute approximate surface area is 186 Å². The average Bonchev–Trinajstić information content (AvgIpc) is 3.04. The van der Waals surface area contributed by atoms with Gasteiger partial charge in [0.25, 0.3) is 11.6 Å². The fraction of sp³-hybridized carbons (Fsp3) is 0.200. The number of halogens is 2. The first-order valence-electron chi connectivity index (χ1n) is 8.83. The summed E-state index contributed by atoms with van der Waals surface area (Å²) in [4.78, 5) is 24.6. The van der Waals surface area contributed by atoms with Gasteiger partial charge in [-0.2, -0.15) is 5.10 Å². The molecule has 8 nitrogen and oxygen atoms in total. The van der Waals surface area contributed by atoms with Crippen LogP contribution in [0.2, 0.25) is 5.02 Å². The van der Waals surface area contributed by atoms with Crippen LogP contribution in [0.1, 0.15) is 21.6 Å². The lowest BCUT2D eigenvalue weighted by Crippen LogP contribution is -2.27. The number of non-ortho nitro benzene ring substituents is 1. The summed E-state index contributed by atoms with van der Waals surface area (Å²) < 4.78 is 8.21. The molecule has 3 aromatic rings. The summed E-state index contributed by atoms with van der Waals surface area (Å²) in [5.41, 5.74) is 2.18. The molecule has 0 N–H and O–H groups in total. The van der Waals surface area contributed by atoms with E-state index in [1.54, 1.807) is 47.1 Å². The van der Waals surface area contributed by atoms with Gasteiger partial charge >= 0.3 is 0 Å². The van der Waals surface area contributed by atoms with Gasteiger partial charge in [0.15, 0.2) is 0 Å². The minimum absolute atomic E-state index is 0.0995. The lowest BCUT2D eigenvalue weighted by atomic mass is 10.1. The fourth-order valence-electron chi connectivity index (χ4n) is 2.76. The van der Waals surface area contributed by atoms with Gasteiger partial charge in [0.1, 0.15) is 12.4 Å². The van der Waals surface area contributed by atoms with Crippen LogP contribution in [0.15, 0.2) is 53.1 Å². The highest BCUT2D eigenvalue weighted by molar-refractivity contribution is 9.10. The predicted molar refractivity (Wildman–Crippen MR) is 116 cm³/mol. The highest BCUT2D eigenvalue weighted by Crippen LogP contribution is 2.29. The molecule has 0 aliphatic rings. The number of rotatable bonds is 7. The molecule has 10 heteroatoms. The number of ether oxygens (including phenoxy) is 1. The maximum absolute atomic E-state index is 12.7. The average molecular weight is 494 g/mol. The Morgan fingerprint density at radius 2 is 2.00 bits per heavy atom. The quantitative estimate of drug-likeness (QED) is 0.354. The van der Waals surface area contributed by atoms with E-state index in [1.165, 1.54) is 18.2 Å². The normalized spacial score (nSPS) is 10.7. The number of nitrogens with zero attached hydrogens (tertiary/aromatic N) is 4. The third-order valence-electron chi connectivity index (χ3n) is 4.47. The molecule has 0 unspecified atom stereocenters. The molecule has 0 radical (unpaired) electrons. The molecule has 1 amide bonds. The van der Waals surface area contributed by atoms with Gasteiger partial charge in [-0.3, -0.25) is 19.6 Å². The standard InChI is InChI=1S/C20H18BrClN4O4/c1-24(11-18-16(21)10-23-25(18)2)20(27)14-5-3-13(4-6-14)12-30-19-8-7-15(26(28)29)9-17(19)22/h3-10H,11-12H2,1-2H3. The first-order chi connectivity index (χ1) is 14.3. The molecule has 0 fully saturated rings. The number of benzene rings is 2. The van der Waals surface area contributed by atoms with Crippen molar-refractivity contribution in [1.82, 2.24) is 14.7 Å².